The SMILES string of the molecule is Cc1cc(C(=O)CN(C)CC(=O)N2CCOCC2)c(C)n1C[C@H]1COc2ccccc2O1. The Balaban J connectivity index is 1.36. The topological polar surface area (TPSA) is 73.2 Å². The fourth-order valence-corrected chi connectivity index (χ4v) is 4.25. The molecule has 0 spiro atoms. The Bertz CT molecular complexity index is 980. The van der Waals surface area contributed by atoms with Crippen LogP contribution in [0.2, 0.25) is 0 Å². The average Bonchev–Trinajstić information content (AvgIpc) is 3.08. The summed E-state index contributed by atoms with van der Waals surface area (Å²) in [7, 11) is 1.81. The van der Waals surface area contributed by atoms with Gasteiger partial charge in [0.2, 0.25) is 5.91 Å². The highest BCUT2D eigenvalue weighted by atomic mass is 16.6. The van der Waals surface area contributed by atoms with E-state index in [2.05, 4.69) is 4.57 Å². The lowest BCUT2D eigenvalue weighted by Gasteiger charge is -2.28. The standard InChI is InChI=1S/C24H31N3O5/c1-17-12-20(21(28)14-25(3)15-24(29)26-8-10-30-11-9-26)18(2)27(17)13-19-16-31-22-6-4-5-7-23(22)32-19/h4-7,12,19H,8-11,13-16H2,1-3H3/t19-/m0/s1. The van der Waals surface area contributed by atoms with Gasteiger partial charge in [0.05, 0.1) is 32.8 Å². The van der Waals surface area contributed by atoms with E-state index in [0.29, 0.717) is 45.0 Å². The predicted molar refractivity (Wildman–Crippen MR) is 119 cm³/mol. The van der Waals surface area contributed by atoms with Crippen molar-refractivity contribution in [2.24, 2.45) is 0 Å². The third-order valence-electron chi connectivity index (χ3n) is 6.01. The van der Waals surface area contributed by atoms with E-state index in [-0.39, 0.29) is 30.9 Å². The van der Waals surface area contributed by atoms with Gasteiger partial charge in [-0.05, 0) is 39.1 Å². The van der Waals surface area contributed by atoms with E-state index in [1.807, 2.05) is 44.2 Å². The molecule has 1 saturated heterocycles. The third-order valence-corrected chi connectivity index (χ3v) is 6.01. The number of ether oxygens (including phenoxy) is 3. The lowest BCUT2D eigenvalue weighted by molar-refractivity contribution is -0.136. The maximum absolute atomic E-state index is 13.0. The molecule has 2 aliphatic rings. The molecule has 1 amide bonds. The van der Waals surface area contributed by atoms with E-state index in [1.54, 1.807) is 16.8 Å². The van der Waals surface area contributed by atoms with Crippen LogP contribution in [0.5, 0.6) is 11.5 Å². The molecule has 1 fully saturated rings. The molecule has 2 aromatic rings. The normalized spacial score (nSPS) is 18.1. The number of fused-ring (bicyclic) bond motifs is 1. The molecule has 0 unspecified atom stereocenters. The Morgan fingerprint density at radius 3 is 2.56 bits per heavy atom. The van der Waals surface area contributed by atoms with Gasteiger partial charge in [-0.25, -0.2) is 0 Å². The minimum Gasteiger partial charge on any atom is -0.486 e. The van der Waals surface area contributed by atoms with Crippen molar-refractivity contribution in [2.45, 2.75) is 26.5 Å². The van der Waals surface area contributed by atoms with E-state index in [0.717, 1.165) is 22.9 Å². The first kappa shape index (κ1) is 22.4. The number of likely N-dealkylation sites (N-methyl/N-ethyl adjacent to an activating group) is 1. The van der Waals surface area contributed by atoms with Crippen LogP contribution in [0.1, 0.15) is 21.7 Å². The summed E-state index contributed by atoms with van der Waals surface area (Å²) >= 11 is 0. The Kier molecular flexibility index (Phi) is 6.81. The number of carbonyl (C=O) groups excluding carboxylic acids is 2. The number of aryl methyl sites for hydroxylation is 1. The molecule has 8 nitrogen and oxygen atoms in total. The van der Waals surface area contributed by atoms with Crippen molar-refractivity contribution in [3.63, 3.8) is 0 Å². The maximum Gasteiger partial charge on any atom is 0.236 e. The zero-order valence-corrected chi connectivity index (χ0v) is 19.0. The van der Waals surface area contributed by atoms with Crippen molar-refractivity contribution in [3.8, 4) is 11.5 Å². The Morgan fingerprint density at radius 1 is 1.09 bits per heavy atom. The van der Waals surface area contributed by atoms with Crippen molar-refractivity contribution in [1.29, 1.82) is 0 Å². The number of amides is 1. The quantitative estimate of drug-likeness (QED) is 0.612. The summed E-state index contributed by atoms with van der Waals surface area (Å²) < 4.78 is 19.3. The van der Waals surface area contributed by atoms with Crippen LogP contribution in [-0.4, -0.2) is 85.2 Å². The average molecular weight is 442 g/mol. The second-order valence-electron chi connectivity index (χ2n) is 8.48. The fraction of sp³-hybridized carbons (Fsp3) is 0.500. The zero-order chi connectivity index (χ0) is 22.7. The van der Waals surface area contributed by atoms with E-state index in [1.165, 1.54) is 0 Å². The molecule has 32 heavy (non-hydrogen) atoms. The van der Waals surface area contributed by atoms with Crippen LogP contribution in [0, 0.1) is 13.8 Å². The Morgan fingerprint density at radius 2 is 1.81 bits per heavy atom. The lowest BCUT2D eigenvalue weighted by Crippen LogP contribution is -2.45. The van der Waals surface area contributed by atoms with Gasteiger partial charge in [-0.3, -0.25) is 14.5 Å². The van der Waals surface area contributed by atoms with Gasteiger partial charge in [0.1, 0.15) is 6.61 Å². The van der Waals surface area contributed by atoms with E-state index < -0.39 is 0 Å². The number of para-hydroxylation sites is 2. The number of hydrogen-bond acceptors (Lipinski definition) is 6. The first-order chi connectivity index (χ1) is 15.4. The van der Waals surface area contributed by atoms with Gasteiger partial charge >= 0.3 is 0 Å². The summed E-state index contributed by atoms with van der Waals surface area (Å²) in [6, 6.07) is 9.57. The summed E-state index contributed by atoms with van der Waals surface area (Å²) in [6.45, 7) is 7.79. The molecular weight excluding hydrogens is 410 g/mol. The number of ketones is 1. The first-order valence-electron chi connectivity index (χ1n) is 11.0. The summed E-state index contributed by atoms with van der Waals surface area (Å²) in [5.41, 5.74) is 2.59. The van der Waals surface area contributed by atoms with Crippen molar-refractivity contribution >= 4 is 11.7 Å². The summed E-state index contributed by atoms with van der Waals surface area (Å²) in [5.74, 6) is 1.54. The van der Waals surface area contributed by atoms with E-state index in [9.17, 15) is 9.59 Å². The van der Waals surface area contributed by atoms with Crippen LogP contribution < -0.4 is 9.47 Å². The molecule has 1 aromatic heterocycles. The highest BCUT2D eigenvalue weighted by Gasteiger charge is 2.25. The van der Waals surface area contributed by atoms with Gasteiger partial charge in [0.15, 0.2) is 23.4 Å². The number of rotatable bonds is 7. The Labute approximate surface area is 188 Å². The minimum atomic E-state index is -0.133. The van der Waals surface area contributed by atoms with Crippen LogP contribution in [-0.2, 0) is 16.1 Å². The molecule has 1 aromatic carbocycles. The molecule has 8 heteroatoms. The summed E-state index contributed by atoms with van der Waals surface area (Å²) in [6.07, 6.45) is -0.133. The monoisotopic (exact) mass is 441 g/mol. The van der Waals surface area contributed by atoms with E-state index >= 15 is 0 Å². The van der Waals surface area contributed by atoms with Crippen LogP contribution in [0.4, 0.5) is 0 Å². The second kappa shape index (κ2) is 9.75. The number of benzene rings is 1. The largest absolute Gasteiger partial charge is 0.486 e. The molecule has 0 saturated carbocycles. The van der Waals surface area contributed by atoms with Gasteiger partial charge < -0.3 is 23.7 Å². The van der Waals surface area contributed by atoms with Gasteiger partial charge in [0.25, 0.3) is 0 Å². The maximum atomic E-state index is 13.0. The predicted octanol–water partition coefficient (Wildman–Crippen LogP) is 1.92. The minimum absolute atomic E-state index is 0.00721. The van der Waals surface area contributed by atoms with Gasteiger partial charge in [0, 0.05) is 30.0 Å². The second-order valence-corrected chi connectivity index (χ2v) is 8.48. The van der Waals surface area contributed by atoms with E-state index in [4.69, 9.17) is 14.2 Å². The van der Waals surface area contributed by atoms with Gasteiger partial charge in [-0.2, -0.15) is 0 Å². The molecule has 0 bridgehead atoms. The molecule has 4 rings (SSSR count). The molecule has 3 heterocycles. The molecule has 0 radical (unpaired) electrons. The third kappa shape index (κ3) is 4.97. The van der Waals surface area contributed by atoms with Crippen molar-refractivity contribution < 1.29 is 23.8 Å². The number of aromatic nitrogens is 1. The highest BCUT2D eigenvalue weighted by molar-refractivity contribution is 5.99. The lowest BCUT2D eigenvalue weighted by atomic mass is 10.1. The summed E-state index contributed by atoms with van der Waals surface area (Å²) in [4.78, 5) is 29.0. The van der Waals surface area contributed by atoms with Crippen molar-refractivity contribution in [3.05, 3.63) is 47.3 Å². The van der Waals surface area contributed by atoms with Crippen LogP contribution >= 0.6 is 0 Å². The van der Waals surface area contributed by atoms with Crippen LogP contribution in [0.15, 0.2) is 30.3 Å². The van der Waals surface area contributed by atoms with Crippen LogP contribution in [0.3, 0.4) is 0 Å². The molecule has 172 valence electrons. The summed E-state index contributed by atoms with van der Waals surface area (Å²) in [5, 5.41) is 0. The smallest absolute Gasteiger partial charge is 0.236 e. The number of Topliss-reactive ketones (excluding diaryl/α,β-unsaturated/α-hetero) is 1. The molecular formula is C24H31N3O5. The molecule has 2 aliphatic heterocycles. The highest BCUT2D eigenvalue weighted by Crippen LogP contribution is 2.31. The fourth-order valence-electron chi connectivity index (χ4n) is 4.25. The molecule has 0 N–H and O–H groups in total. The Hall–Kier alpha value is -2.84. The van der Waals surface area contributed by atoms with Crippen molar-refractivity contribution in [1.82, 2.24) is 14.4 Å². The number of carbonyl (C=O) groups is 2. The first-order valence-corrected chi connectivity index (χ1v) is 11.0. The van der Waals surface area contributed by atoms with Crippen molar-refractivity contribution in [2.75, 3.05) is 53.0 Å². The van der Waals surface area contributed by atoms with Gasteiger partial charge in [-0.15, -0.1) is 0 Å². The molecule has 0 aliphatic carbocycles. The molecule has 1 atom stereocenters. The number of morpholine rings is 1. The number of nitrogens with zero attached hydrogens (tertiary/aromatic N) is 3. The van der Waals surface area contributed by atoms with Crippen LogP contribution in [0.25, 0.3) is 0 Å². The van der Waals surface area contributed by atoms with Gasteiger partial charge in [-0.1, -0.05) is 12.1 Å². The number of hydrogen-bond donors (Lipinski definition) is 0. The zero-order valence-electron chi connectivity index (χ0n) is 19.0.